The molecule has 2 heteroatoms. The van der Waals surface area contributed by atoms with Gasteiger partial charge >= 0.3 is 0 Å². The lowest BCUT2D eigenvalue weighted by molar-refractivity contribution is -0.130. The van der Waals surface area contributed by atoms with Crippen LogP contribution in [0.3, 0.4) is 0 Å². The number of hydrogen-bond acceptors (Lipinski definition) is 1. The minimum absolute atomic E-state index is 0.408. The second kappa shape index (κ2) is 23.6. The van der Waals surface area contributed by atoms with Gasteiger partial charge in [-0.3, -0.25) is 4.79 Å². The quantitative estimate of drug-likeness (QED) is 0.134. The average Bonchev–Trinajstić information content (AvgIpc) is 3.34. The number of rotatable bonds is 24. The zero-order chi connectivity index (χ0) is 23.0. The Labute approximate surface area is 202 Å². The van der Waals surface area contributed by atoms with Gasteiger partial charge in [0.05, 0.1) is 0 Å². The highest BCUT2D eigenvalue weighted by molar-refractivity contribution is 5.76. The van der Waals surface area contributed by atoms with Gasteiger partial charge in [-0.2, -0.15) is 0 Å². The van der Waals surface area contributed by atoms with Gasteiger partial charge in [0, 0.05) is 19.5 Å². The van der Waals surface area contributed by atoms with Gasteiger partial charge in [-0.1, -0.05) is 148 Å². The molecule has 0 aliphatic carbocycles. The first-order valence-electron chi connectivity index (χ1n) is 15.1. The van der Waals surface area contributed by atoms with Crippen LogP contribution in [0.2, 0.25) is 0 Å². The van der Waals surface area contributed by atoms with Crippen molar-refractivity contribution >= 4 is 5.91 Å². The lowest BCUT2D eigenvalue weighted by atomic mass is 10.0. The predicted molar refractivity (Wildman–Crippen MR) is 142 cm³/mol. The van der Waals surface area contributed by atoms with E-state index < -0.39 is 0 Å². The van der Waals surface area contributed by atoms with Crippen LogP contribution in [0.15, 0.2) is 0 Å². The first-order valence-corrected chi connectivity index (χ1v) is 15.1. The van der Waals surface area contributed by atoms with Crippen molar-refractivity contribution in [2.75, 3.05) is 13.1 Å². The molecule has 1 fully saturated rings. The fourth-order valence-corrected chi connectivity index (χ4v) is 5.19. The molecule has 32 heavy (non-hydrogen) atoms. The largest absolute Gasteiger partial charge is 0.343 e. The third-order valence-electron chi connectivity index (χ3n) is 7.45. The molecule has 1 rings (SSSR count). The monoisotopic (exact) mass is 449 g/mol. The number of amides is 1. The van der Waals surface area contributed by atoms with Gasteiger partial charge in [-0.05, 0) is 19.3 Å². The Balaban J connectivity index is 1.65. The van der Waals surface area contributed by atoms with Gasteiger partial charge in [-0.15, -0.1) is 0 Å². The summed E-state index contributed by atoms with van der Waals surface area (Å²) in [6, 6.07) is 0. The molecule has 0 radical (unpaired) electrons. The Kier molecular flexibility index (Phi) is 21.8. The maximum absolute atomic E-state index is 12.0. The van der Waals surface area contributed by atoms with Crippen LogP contribution in [-0.4, -0.2) is 23.9 Å². The third kappa shape index (κ3) is 19.0. The topological polar surface area (TPSA) is 20.3 Å². The summed E-state index contributed by atoms with van der Waals surface area (Å²) >= 11 is 0. The summed E-state index contributed by atoms with van der Waals surface area (Å²) in [6.45, 7) is 4.32. The number of unbranched alkanes of at least 4 members (excludes halogenated alkanes) is 22. The van der Waals surface area contributed by atoms with Crippen LogP contribution < -0.4 is 0 Å². The molecule has 1 saturated heterocycles. The van der Waals surface area contributed by atoms with Gasteiger partial charge in [0.25, 0.3) is 0 Å². The fourth-order valence-electron chi connectivity index (χ4n) is 5.19. The van der Waals surface area contributed by atoms with Crippen molar-refractivity contribution in [3.63, 3.8) is 0 Å². The van der Waals surface area contributed by atoms with Crippen molar-refractivity contribution in [1.82, 2.24) is 4.90 Å². The summed E-state index contributed by atoms with van der Waals surface area (Å²) < 4.78 is 0. The summed E-state index contributed by atoms with van der Waals surface area (Å²) in [7, 11) is 0. The van der Waals surface area contributed by atoms with Gasteiger partial charge < -0.3 is 4.90 Å². The molecule has 1 amide bonds. The smallest absolute Gasteiger partial charge is 0.222 e. The zero-order valence-corrected chi connectivity index (χ0v) is 22.2. The highest BCUT2D eigenvalue weighted by Gasteiger charge is 2.16. The molecule has 0 saturated carbocycles. The lowest BCUT2D eigenvalue weighted by Crippen LogP contribution is -2.27. The summed E-state index contributed by atoms with van der Waals surface area (Å²) in [5.74, 6) is 0.408. The molecule has 190 valence electrons. The Bertz CT molecular complexity index is 388. The van der Waals surface area contributed by atoms with E-state index in [2.05, 4.69) is 11.8 Å². The second-order valence-corrected chi connectivity index (χ2v) is 10.6. The molecule has 2 nitrogen and oxygen atoms in total. The minimum Gasteiger partial charge on any atom is -0.343 e. The molecule has 0 spiro atoms. The van der Waals surface area contributed by atoms with E-state index in [1.54, 1.807) is 0 Å². The highest BCUT2D eigenvalue weighted by atomic mass is 16.2. The predicted octanol–water partition coefficient (Wildman–Crippen LogP) is 9.99. The van der Waals surface area contributed by atoms with Crippen molar-refractivity contribution in [2.45, 2.75) is 174 Å². The first kappa shape index (κ1) is 29.5. The van der Waals surface area contributed by atoms with E-state index in [1.165, 1.54) is 154 Å². The van der Waals surface area contributed by atoms with E-state index in [9.17, 15) is 4.79 Å². The highest BCUT2D eigenvalue weighted by Crippen LogP contribution is 2.16. The standard InChI is InChI=1S/C30H59NO/c1-2-3-4-5-6-7-8-9-10-11-12-13-14-15-16-17-18-19-20-21-22-23-24-27-30(32)31-28-25-26-29-31/h2-29H2,1H3. The van der Waals surface area contributed by atoms with Crippen LogP contribution in [0.25, 0.3) is 0 Å². The Morgan fingerprint density at radius 3 is 1.06 bits per heavy atom. The van der Waals surface area contributed by atoms with E-state index in [1.807, 2.05) is 0 Å². The van der Waals surface area contributed by atoms with Crippen LogP contribution in [0.5, 0.6) is 0 Å². The van der Waals surface area contributed by atoms with Gasteiger partial charge in [-0.25, -0.2) is 0 Å². The number of carbonyl (C=O) groups is 1. The van der Waals surface area contributed by atoms with E-state index in [0.29, 0.717) is 5.91 Å². The molecule has 0 aromatic heterocycles. The lowest BCUT2D eigenvalue weighted by Gasteiger charge is -2.14. The Morgan fingerprint density at radius 1 is 0.469 bits per heavy atom. The summed E-state index contributed by atoms with van der Waals surface area (Å²) in [6.07, 6.45) is 35.9. The van der Waals surface area contributed by atoms with Gasteiger partial charge in [0.2, 0.25) is 5.91 Å². The summed E-state index contributed by atoms with van der Waals surface area (Å²) in [5, 5.41) is 0. The normalized spacial score (nSPS) is 13.8. The SMILES string of the molecule is CCCCCCCCCCCCCCCCCCCCCCCCCC(=O)N1CCCC1. The number of likely N-dealkylation sites (tertiary alicyclic amines) is 1. The van der Waals surface area contributed by atoms with Crippen molar-refractivity contribution in [3.8, 4) is 0 Å². The minimum atomic E-state index is 0.408. The van der Waals surface area contributed by atoms with Crippen molar-refractivity contribution in [2.24, 2.45) is 0 Å². The van der Waals surface area contributed by atoms with Crippen molar-refractivity contribution in [3.05, 3.63) is 0 Å². The first-order chi connectivity index (χ1) is 15.8. The molecule has 0 unspecified atom stereocenters. The molecule has 1 aliphatic heterocycles. The van der Waals surface area contributed by atoms with Gasteiger partial charge in [0.15, 0.2) is 0 Å². The van der Waals surface area contributed by atoms with Crippen molar-refractivity contribution < 1.29 is 4.79 Å². The summed E-state index contributed by atoms with van der Waals surface area (Å²) in [5.41, 5.74) is 0. The van der Waals surface area contributed by atoms with E-state index >= 15 is 0 Å². The maximum Gasteiger partial charge on any atom is 0.222 e. The fraction of sp³-hybridized carbons (Fsp3) is 0.967. The molecular formula is C30H59NO. The Hall–Kier alpha value is -0.530. The number of nitrogens with zero attached hydrogens (tertiary/aromatic N) is 1. The second-order valence-electron chi connectivity index (χ2n) is 10.6. The van der Waals surface area contributed by atoms with Crippen LogP contribution in [0, 0.1) is 0 Å². The van der Waals surface area contributed by atoms with E-state index in [4.69, 9.17) is 0 Å². The molecule has 1 aliphatic rings. The van der Waals surface area contributed by atoms with Gasteiger partial charge in [0.1, 0.15) is 0 Å². The van der Waals surface area contributed by atoms with Crippen LogP contribution >= 0.6 is 0 Å². The summed E-state index contributed by atoms with van der Waals surface area (Å²) in [4.78, 5) is 14.1. The molecule has 1 heterocycles. The molecule has 0 N–H and O–H groups in total. The average molecular weight is 450 g/mol. The van der Waals surface area contributed by atoms with Crippen LogP contribution in [-0.2, 0) is 4.79 Å². The van der Waals surface area contributed by atoms with Crippen LogP contribution in [0.1, 0.15) is 174 Å². The molecular weight excluding hydrogens is 390 g/mol. The molecule has 0 aromatic rings. The zero-order valence-electron chi connectivity index (χ0n) is 22.2. The van der Waals surface area contributed by atoms with E-state index in [0.717, 1.165) is 25.9 Å². The molecule has 0 atom stereocenters. The van der Waals surface area contributed by atoms with Crippen molar-refractivity contribution in [1.29, 1.82) is 0 Å². The Morgan fingerprint density at radius 2 is 0.750 bits per heavy atom. The maximum atomic E-state index is 12.0. The number of hydrogen-bond donors (Lipinski definition) is 0. The van der Waals surface area contributed by atoms with Crippen LogP contribution in [0.4, 0.5) is 0 Å². The third-order valence-corrected chi connectivity index (χ3v) is 7.45. The number of carbonyl (C=O) groups excluding carboxylic acids is 1. The molecule has 0 bridgehead atoms. The van der Waals surface area contributed by atoms with E-state index in [-0.39, 0.29) is 0 Å². The molecule has 0 aromatic carbocycles.